The van der Waals surface area contributed by atoms with Gasteiger partial charge in [0.05, 0.1) is 7.11 Å². The first-order chi connectivity index (χ1) is 10.4. The molecule has 0 amide bonds. The highest BCUT2D eigenvalue weighted by atomic mass is 32.2. The Bertz CT molecular complexity index is 555. The van der Waals surface area contributed by atoms with Crippen molar-refractivity contribution in [2.45, 2.75) is 33.1 Å². The van der Waals surface area contributed by atoms with Crippen LogP contribution in [0.4, 0.5) is 0 Å². The van der Waals surface area contributed by atoms with Crippen LogP contribution >= 0.6 is 0 Å². The molecule has 0 spiro atoms. The maximum Gasteiger partial charge on any atom is 0.147 e. The zero-order valence-corrected chi connectivity index (χ0v) is 15.1. The molecule has 0 unspecified atom stereocenters. The van der Waals surface area contributed by atoms with Crippen LogP contribution < -0.4 is 4.74 Å². The topological polar surface area (TPSA) is 46.6 Å². The van der Waals surface area contributed by atoms with E-state index >= 15 is 0 Å². The van der Waals surface area contributed by atoms with Gasteiger partial charge in [-0.25, -0.2) is 8.42 Å². The number of unbranched alkanes of at least 4 members (excludes halogenated alkanes) is 1. The molecule has 0 aliphatic carbocycles. The molecule has 1 rings (SSSR count). The van der Waals surface area contributed by atoms with Gasteiger partial charge >= 0.3 is 0 Å². The summed E-state index contributed by atoms with van der Waals surface area (Å²) in [5, 5.41) is 0. The van der Waals surface area contributed by atoms with Crippen LogP contribution in [0.5, 0.6) is 5.75 Å². The molecule has 0 bridgehead atoms. The van der Waals surface area contributed by atoms with E-state index in [1.54, 1.807) is 7.11 Å². The number of likely N-dealkylation sites (N-methyl/N-ethyl adjacent to an activating group) is 1. The summed E-state index contributed by atoms with van der Waals surface area (Å²) in [5.41, 5.74) is 2.60. The van der Waals surface area contributed by atoms with E-state index < -0.39 is 9.84 Å². The highest BCUT2D eigenvalue weighted by Crippen LogP contribution is 2.17. The smallest absolute Gasteiger partial charge is 0.147 e. The largest absolute Gasteiger partial charge is 0.497 e. The first-order valence-electron chi connectivity index (χ1n) is 7.89. The number of sulfone groups is 1. The molecule has 5 heteroatoms. The zero-order chi connectivity index (χ0) is 16.6. The lowest BCUT2D eigenvalue weighted by atomic mass is 10.0. The van der Waals surface area contributed by atoms with Crippen molar-refractivity contribution >= 4 is 9.84 Å². The van der Waals surface area contributed by atoms with Gasteiger partial charge in [0.1, 0.15) is 15.6 Å². The quantitative estimate of drug-likeness (QED) is 0.620. The van der Waals surface area contributed by atoms with E-state index in [-0.39, 0.29) is 0 Å². The van der Waals surface area contributed by atoms with Crippen LogP contribution in [0.2, 0.25) is 0 Å². The van der Waals surface area contributed by atoms with Gasteiger partial charge in [-0.2, -0.15) is 0 Å². The molecular formula is C17H29NO3S. The van der Waals surface area contributed by atoms with E-state index in [0.717, 1.165) is 44.6 Å². The molecule has 1 aromatic carbocycles. The minimum atomic E-state index is -2.83. The third kappa shape index (κ3) is 7.27. The van der Waals surface area contributed by atoms with Crippen molar-refractivity contribution < 1.29 is 13.2 Å². The molecule has 0 aliphatic rings. The van der Waals surface area contributed by atoms with Crippen LogP contribution in [0.1, 0.15) is 30.9 Å². The first-order valence-corrected chi connectivity index (χ1v) is 9.95. The van der Waals surface area contributed by atoms with Gasteiger partial charge in [-0.05, 0) is 62.5 Å². The maximum atomic E-state index is 11.1. The summed E-state index contributed by atoms with van der Waals surface area (Å²) in [6.45, 7) is 7.20. The number of ether oxygens (including phenoxy) is 1. The molecule has 4 nitrogen and oxygen atoms in total. The summed E-state index contributed by atoms with van der Waals surface area (Å²) in [6.07, 6.45) is 3.96. The maximum absolute atomic E-state index is 11.1. The van der Waals surface area contributed by atoms with Crippen LogP contribution in [-0.4, -0.2) is 52.1 Å². The second kappa shape index (κ2) is 9.16. The van der Waals surface area contributed by atoms with Crippen molar-refractivity contribution in [3.8, 4) is 5.75 Å². The predicted molar refractivity (Wildman–Crippen MR) is 92.5 cm³/mol. The highest BCUT2D eigenvalue weighted by molar-refractivity contribution is 7.90. The third-order valence-electron chi connectivity index (χ3n) is 3.94. The number of rotatable bonds is 10. The molecule has 126 valence electrons. The minimum Gasteiger partial charge on any atom is -0.497 e. The molecule has 0 saturated carbocycles. The minimum absolute atomic E-state index is 0.291. The van der Waals surface area contributed by atoms with Crippen molar-refractivity contribution in [3.05, 3.63) is 29.3 Å². The van der Waals surface area contributed by atoms with E-state index in [1.807, 2.05) is 6.07 Å². The lowest BCUT2D eigenvalue weighted by Crippen LogP contribution is -2.27. The molecule has 0 fully saturated rings. The molecular weight excluding hydrogens is 298 g/mol. The summed E-state index contributed by atoms with van der Waals surface area (Å²) in [4.78, 5) is 2.38. The van der Waals surface area contributed by atoms with E-state index in [0.29, 0.717) is 5.75 Å². The fraction of sp³-hybridized carbons (Fsp3) is 0.647. The fourth-order valence-corrected chi connectivity index (χ4v) is 3.18. The van der Waals surface area contributed by atoms with Gasteiger partial charge in [0.2, 0.25) is 0 Å². The van der Waals surface area contributed by atoms with E-state index in [4.69, 9.17) is 4.74 Å². The number of benzene rings is 1. The highest BCUT2D eigenvalue weighted by Gasteiger charge is 2.07. The van der Waals surface area contributed by atoms with Crippen LogP contribution in [0.3, 0.4) is 0 Å². The Labute approximate surface area is 135 Å². The molecule has 0 aliphatic heterocycles. The Kier molecular flexibility index (Phi) is 7.90. The lowest BCUT2D eigenvalue weighted by Gasteiger charge is -2.21. The second-order valence-electron chi connectivity index (χ2n) is 5.81. The Morgan fingerprint density at radius 3 is 2.50 bits per heavy atom. The Morgan fingerprint density at radius 1 is 1.18 bits per heavy atom. The summed E-state index contributed by atoms with van der Waals surface area (Å²) in [7, 11) is -1.14. The number of methoxy groups -OCH3 is 1. The normalized spacial score (nSPS) is 11.9. The van der Waals surface area contributed by atoms with Crippen LogP contribution in [0.15, 0.2) is 18.2 Å². The van der Waals surface area contributed by atoms with Crippen molar-refractivity contribution in [1.29, 1.82) is 0 Å². The Morgan fingerprint density at radius 2 is 1.91 bits per heavy atom. The van der Waals surface area contributed by atoms with Crippen molar-refractivity contribution in [3.63, 3.8) is 0 Å². The van der Waals surface area contributed by atoms with Gasteiger partial charge in [-0.15, -0.1) is 0 Å². The fourth-order valence-electron chi connectivity index (χ4n) is 2.45. The van der Waals surface area contributed by atoms with Gasteiger partial charge in [-0.1, -0.05) is 13.0 Å². The van der Waals surface area contributed by atoms with Crippen molar-refractivity contribution in [2.75, 3.05) is 38.8 Å². The van der Waals surface area contributed by atoms with Gasteiger partial charge < -0.3 is 9.64 Å². The second-order valence-corrected chi connectivity index (χ2v) is 8.07. The molecule has 22 heavy (non-hydrogen) atoms. The molecule has 0 atom stereocenters. The predicted octanol–water partition coefficient (Wildman–Crippen LogP) is 2.69. The average molecular weight is 327 g/mol. The van der Waals surface area contributed by atoms with Gasteiger partial charge in [0.15, 0.2) is 0 Å². The van der Waals surface area contributed by atoms with Crippen LogP contribution in [0.25, 0.3) is 0 Å². The van der Waals surface area contributed by atoms with Crippen LogP contribution in [0, 0.1) is 6.92 Å². The van der Waals surface area contributed by atoms with Gasteiger partial charge in [0, 0.05) is 18.6 Å². The number of nitrogens with zero attached hydrogens (tertiary/aromatic N) is 1. The number of aryl methyl sites for hydroxylation is 1. The number of hydrogen-bond donors (Lipinski definition) is 0. The summed E-state index contributed by atoms with van der Waals surface area (Å²) < 4.78 is 27.5. The molecule has 1 aromatic rings. The number of hydrogen-bond acceptors (Lipinski definition) is 4. The SMILES string of the molecule is CCN(CCCCS(C)(=O)=O)CCc1cc(OC)ccc1C. The Hall–Kier alpha value is -1.07. The molecule has 0 saturated heterocycles. The van der Waals surface area contributed by atoms with E-state index in [9.17, 15) is 8.42 Å². The average Bonchev–Trinajstić information content (AvgIpc) is 2.47. The monoisotopic (exact) mass is 327 g/mol. The van der Waals surface area contributed by atoms with Crippen LogP contribution in [-0.2, 0) is 16.3 Å². The zero-order valence-electron chi connectivity index (χ0n) is 14.3. The molecule has 0 N–H and O–H groups in total. The van der Waals surface area contributed by atoms with Crippen molar-refractivity contribution in [2.24, 2.45) is 0 Å². The molecule has 0 heterocycles. The van der Waals surface area contributed by atoms with E-state index in [1.165, 1.54) is 17.4 Å². The van der Waals surface area contributed by atoms with Gasteiger partial charge in [0.25, 0.3) is 0 Å². The molecule has 0 radical (unpaired) electrons. The third-order valence-corrected chi connectivity index (χ3v) is 4.97. The summed E-state index contributed by atoms with van der Waals surface area (Å²) in [5.74, 6) is 1.19. The molecule has 0 aromatic heterocycles. The first kappa shape index (κ1) is 19.0. The lowest BCUT2D eigenvalue weighted by molar-refractivity contribution is 0.287. The van der Waals surface area contributed by atoms with Gasteiger partial charge in [-0.3, -0.25) is 0 Å². The summed E-state index contributed by atoms with van der Waals surface area (Å²) in [6, 6.07) is 6.19. The summed E-state index contributed by atoms with van der Waals surface area (Å²) >= 11 is 0. The standard InChI is InChI=1S/C17H29NO3S/c1-5-18(11-6-7-13-22(4,19)20)12-10-16-14-17(21-3)9-8-15(16)2/h8-9,14H,5-7,10-13H2,1-4H3. The van der Waals surface area contributed by atoms with Crippen molar-refractivity contribution in [1.82, 2.24) is 4.90 Å². The van der Waals surface area contributed by atoms with E-state index in [2.05, 4.69) is 30.9 Å². The Balaban J connectivity index is 2.43.